The van der Waals surface area contributed by atoms with E-state index < -0.39 is 0 Å². The molecule has 1 rings (SSSR count). The van der Waals surface area contributed by atoms with Crippen LogP contribution in [0.5, 0.6) is 0 Å². The topological polar surface area (TPSA) is 46.2 Å². The second-order valence-electron chi connectivity index (χ2n) is 3.10. The minimum absolute atomic E-state index is 0.319. The monoisotopic (exact) mass is 141 g/mol. The van der Waals surface area contributed by atoms with Gasteiger partial charge in [-0.1, -0.05) is 6.58 Å². The molecule has 10 heavy (non-hydrogen) atoms. The number of nitrogens with two attached hydrogens (primary N) is 1. The molecule has 0 aromatic carbocycles. The van der Waals surface area contributed by atoms with E-state index in [-0.39, 0.29) is 0 Å². The summed E-state index contributed by atoms with van der Waals surface area (Å²) in [5.74, 6) is 0.659. The molecule has 0 saturated heterocycles. The van der Waals surface area contributed by atoms with Gasteiger partial charge in [0.25, 0.3) is 0 Å². The van der Waals surface area contributed by atoms with Gasteiger partial charge in [-0.2, -0.15) is 0 Å². The number of aliphatic hydroxyl groups is 1. The minimum Gasteiger partial charge on any atom is -0.513 e. The van der Waals surface area contributed by atoms with E-state index in [4.69, 9.17) is 10.8 Å². The summed E-state index contributed by atoms with van der Waals surface area (Å²) >= 11 is 0. The third kappa shape index (κ3) is 1.74. The molecule has 0 unspecified atom stereocenters. The second kappa shape index (κ2) is 3.06. The van der Waals surface area contributed by atoms with Gasteiger partial charge in [0.2, 0.25) is 0 Å². The van der Waals surface area contributed by atoms with Gasteiger partial charge in [-0.05, 0) is 25.7 Å². The largest absolute Gasteiger partial charge is 0.513 e. The Morgan fingerprint density at radius 1 is 1.30 bits per heavy atom. The fourth-order valence-electron chi connectivity index (χ4n) is 1.45. The van der Waals surface area contributed by atoms with E-state index in [1.165, 1.54) is 0 Å². The smallest absolute Gasteiger partial charge is 0.0881 e. The molecule has 0 bridgehead atoms. The molecule has 1 saturated carbocycles. The Morgan fingerprint density at radius 3 is 2.20 bits per heavy atom. The molecular formula is C8H15NO. The quantitative estimate of drug-likeness (QED) is 0.544. The van der Waals surface area contributed by atoms with Gasteiger partial charge in [-0.25, -0.2) is 0 Å². The maximum Gasteiger partial charge on any atom is 0.0881 e. The summed E-state index contributed by atoms with van der Waals surface area (Å²) in [5, 5.41) is 9.03. The first-order valence-corrected chi connectivity index (χ1v) is 3.83. The van der Waals surface area contributed by atoms with Crippen molar-refractivity contribution in [3.05, 3.63) is 12.3 Å². The van der Waals surface area contributed by atoms with Gasteiger partial charge in [0.15, 0.2) is 0 Å². The maximum atomic E-state index is 9.03. The average molecular weight is 141 g/mol. The molecule has 0 aromatic heterocycles. The van der Waals surface area contributed by atoms with Crippen molar-refractivity contribution in [3.63, 3.8) is 0 Å². The highest BCUT2D eigenvalue weighted by atomic mass is 16.3. The Bertz CT molecular complexity index is 125. The van der Waals surface area contributed by atoms with Crippen molar-refractivity contribution in [1.29, 1.82) is 0 Å². The Morgan fingerprint density at radius 2 is 1.80 bits per heavy atom. The van der Waals surface area contributed by atoms with Crippen LogP contribution in [-0.2, 0) is 0 Å². The second-order valence-corrected chi connectivity index (χ2v) is 3.10. The summed E-state index contributed by atoms with van der Waals surface area (Å²) in [6.07, 6.45) is 4.08. The van der Waals surface area contributed by atoms with Crippen LogP contribution < -0.4 is 5.73 Å². The lowest BCUT2D eigenvalue weighted by Crippen LogP contribution is -2.26. The van der Waals surface area contributed by atoms with Crippen LogP contribution in [0.1, 0.15) is 25.7 Å². The lowest BCUT2D eigenvalue weighted by molar-refractivity contribution is 0.265. The number of hydrogen-bond donors (Lipinski definition) is 2. The molecule has 2 nitrogen and oxygen atoms in total. The Hall–Kier alpha value is -0.500. The highest BCUT2D eigenvalue weighted by molar-refractivity contribution is 4.92. The van der Waals surface area contributed by atoms with E-state index in [0.717, 1.165) is 25.7 Å². The van der Waals surface area contributed by atoms with Crippen LogP contribution in [0.3, 0.4) is 0 Å². The zero-order valence-corrected chi connectivity index (χ0v) is 6.21. The van der Waals surface area contributed by atoms with Crippen LogP contribution in [0.4, 0.5) is 0 Å². The summed E-state index contributed by atoms with van der Waals surface area (Å²) in [5.41, 5.74) is 5.69. The van der Waals surface area contributed by atoms with E-state index in [0.29, 0.717) is 17.7 Å². The third-order valence-corrected chi connectivity index (χ3v) is 2.24. The van der Waals surface area contributed by atoms with Crippen LogP contribution in [-0.4, -0.2) is 11.1 Å². The molecule has 2 heteroatoms. The van der Waals surface area contributed by atoms with Crippen LogP contribution in [0, 0.1) is 5.92 Å². The van der Waals surface area contributed by atoms with Crippen molar-refractivity contribution in [2.45, 2.75) is 31.7 Å². The van der Waals surface area contributed by atoms with Crippen LogP contribution >= 0.6 is 0 Å². The van der Waals surface area contributed by atoms with Gasteiger partial charge in [-0.3, -0.25) is 0 Å². The van der Waals surface area contributed by atoms with Crippen molar-refractivity contribution >= 4 is 0 Å². The fraction of sp³-hybridized carbons (Fsp3) is 0.750. The van der Waals surface area contributed by atoms with Crippen LogP contribution in [0.2, 0.25) is 0 Å². The van der Waals surface area contributed by atoms with Crippen LogP contribution in [0.25, 0.3) is 0 Å². The molecule has 0 atom stereocenters. The maximum absolute atomic E-state index is 9.03. The van der Waals surface area contributed by atoms with Gasteiger partial charge in [0.05, 0.1) is 5.76 Å². The fourth-order valence-corrected chi connectivity index (χ4v) is 1.45. The van der Waals surface area contributed by atoms with E-state index >= 15 is 0 Å². The number of allylic oxidation sites excluding steroid dienone is 1. The normalized spacial score (nSPS) is 33.7. The zero-order chi connectivity index (χ0) is 7.56. The van der Waals surface area contributed by atoms with Gasteiger partial charge in [0, 0.05) is 12.0 Å². The van der Waals surface area contributed by atoms with Crippen molar-refractivity contribution in [2.24, 2.45) is 11.7 Å². The Kier molecular flexibility index (Phi) is 2.33. The highest BCUT2D eigenvalue weighted by Crippen LogP contribution is 2.26. The molecule has 1 aliphatic rings. The minimum atomic E-state index is 0.319. The molecule has 0 radical (unpaired) electrons. The van der Waals surface area contributed by atoms with Gasteiger partial charge < -0.3 is 10.8 Å². The van der Waals surface area contributed by atoms with Gasteiger partial charge >= 0.3 is 0 Å². The molecule has 0 spiro atoms. The summed E-state index contributed by atoms with van der Waals surface area (Å²) in [7, 11) is 0. The summed E-state index contributed by atoms with van der Waals surface area (Å²) in [6, 6.07) is 0.357. The molecule has 0 amide bonds. The van der Waals surface area contributed by atoms with E-state index in [2.05, 4.69) is 6.58 Å². The summed E-state index contributed by atoms with van der Waals surface area (Å²) in [6.45, 7) is 3.52. The lowest BCUT2D eigenvalue weighted by atomic mass is 9.86. The Labute approximate surface area is 61.7 Å². The van der Waals surface area contributed by atoms with E-state index in [1.807, 2.05) is 0 Å². The molecule has 0 aliphatic heterocycles. The third-order valence-electron chi connectivity index (χ3n) is 2.24. The number of hydrogen-bond acceptors (Lipinski definition) is 2. The summed E-state index contributed by atoms with van der Waals surface area (Å²) in [4.78, 5) is 0. The first kappa shape index (κ1) is 7.61. The predicted molar refractivity (Wildman–Crippen MR) is 41.7 cm³/mol. The van der Waals surface area contributed by atoms with Crippen molar-refractivity contribution in [2.75, 3.05) is 0 Å². The van der Waals surface area contributed by atoms with Gasteiger partial charge in [0.1, 0.15) is 0 Å². The van der Waals surface area contributed by atoms with Crippen molar-refractivity contribution < 1.29 is 5.11 Å². The first-order chi connectivity index (χ1) is 4.70. The molecule has 1 aliphatic carbocycles. The van der Waals surface area contributed by atoms with Crippen molar-refractivity contribution in [1.82, 2.24) is 0 Å². The standard InChI is InChI=1S/C8H15NO/c1-6(10)7-2-4-8(9)5-3-7/h7-8,10H,1-5,9H2. The SMILES string of the molecule is C=C(O)C1CCC(N)CC1. The molecule has 0 heterocycles. The van der Waals surface area contributed by atoms with E-state index in [1.54, 1.807) is 0 Å². The van der Waals surface area contributed by atoms with Crippen LogP contribution in [0.15, 0.2) is 12.3 Å². The molecule has 1 fully saturated rings. The lowest BCUT2D eigenvalue weighted by Gasteiger charge is -2.24. The molecule has 58 valence electrons. The molecule has 3 N–H and O–H groups in total. The first-order valence-electron chi connectivity index (χ1n) is 3.83. The average Bonchev–Trinajstić information content (AvgIpc) is 1.88. The molecular weight excluding hydrogens is 126 g/mol. The van der Waals surface area contributed by atoms with Gasteiger partial charge in [-0.15, -0.1) is 0 Å². The molecule has 0 aromatic rings. The predicted octanol–water partition coefficient (Wildman–Crippen LogP) is 1.58. The zero-order valence-electron chi connectivity index (χ0n) is 6.21. The Balaban J connectivity index is 2.33. The number of rotatable bonds is 1. The van der Waals surface area contributed by atoms with E-state index in [9.17, 15) is 0 Å². The highest BCUT2D eigenvalue weighted by Gasteiger charge is 2.19. The number of aliphatic hydroxyl groups excluding tert-OH is 1. The van der Waals surface area contributed by atoms with Crippen molar-refractivity contribution in [3.8, 4) is 0 Å². The summed E-state index contributed by atoms with van der Waals surface area (Å²) < 4.78 is 0.